The normalized spacial score (nSPS) is 12.5. The minimum absolute atomic E-state index is 0.238. The van der Waals surface area contributed by atoms with E-state index in [0.29, 0.717) is 0 Å². The first-order valence-electron chi connectivity index (χ1n) is 3.62. The zero-order valence-electron chi connectivity index (χ0n) is 6.62. The molecular formula is C9H12OS. The lowest BCUT2D eigenvalue weighted by atomic mass is 10.3. The van der Waals surface area contributed by atoms with Crippen LogP contribution in [0.5, 0.6) is 5.75 Å². The molecule has 0 aromatic carbocycles. The van der Waals surface area contributed by atoms with Crippen molar-refractivity contribution in [2.45, 2.75) is 19.4 Å². The molecule has 1 nitrogen and oxygen atoms in total. The summed E-state index contributed by atoms with van der Waals surface area (Å²) in [5, 5.41) is 4.01. The van der Waals surface area contributed by atoms with Gasteiger partial charge >= 0.3 is 0 Å². The highest BCUT2D eigenvalue weighted by molar-refractivity contribution is 7.08. The number of hydrogen-bond acceptors (Lipinski definition) is 2. The van der Waals surface area contributed by atoms with E-state index in [0.717, 1.165) is 12.2 Å². The van der Waals surface area contributed by atoms with E-state index in [9.17, 15) is 0 Å². The van der Waals surface area contributed by atoms with Crippen LogP contribution in [-0.4, -0.2) is 6.10 Å². The lowest BCUT2D eigenvalue weighted by Gasteiger charge is -2.09. The molecule has 0 amide bonds. The summed E-state index contributed by atoms with van der Waals surface area (Å²) in [6.07, 6.45) is 3.01. The number of thiophene rings is 1. The molecule has 1 aromatic rings. The second-order valence-electron chi connectivity index (χ2n) is 2.41. The van der Waals surface area contributed by atoms with E-state index >= 15 is 0 Å². The van der Waals surface area contributed by atoms with Crippen LogP contribution < -0.4 is 4.74 Å². The first kappa shape index (κ1) is 8.34. The van der Waals surface area contributed by atoms with Crippen LogP contribution in [-0.2, 0) is 0 Å². The highest BCUT2D eigenvalue weighted by Gasteiger charge is 2.00. The van der Waals surface area contributed by atoms with Gasteiger partial charge in [0.2, 0.25) is 0 Å². The molecule has 0 aliphatic rings. The lowest BCUT2D eigenvalue weighted by molar-refractivity contribution is 0.226. The molecule has 0 N–H and O–H groups in total. The predicted octanol–water partition coefficient (Wildman–Crippen LogP) is 3.09. The average Bonchev–Trinajstić information content (AvgIpc) is 2.40. The SMILES string of the molecule is C=CC[C@H](C)Oc1ccsc1. The molecule has 0 aliphatic carbocycles. The van der Waals surface area contributed by atoms with E-state index in [1.54, 1.807) is 11.3 Å². The van der Waals surface area contributed by atoms with E-state index in [4.69, 9.17) is 4.74 Å². The van der Waals surface area contributed by atoms with Gasteiger partial charge in [0.25, 0.3) is 0 Å². The van der Waals surface area contributed by atoms with E-state index in [2.05, 4.69) is 6.58 Å². The van der Waals surface area contributed by atoms with Gasteiger partial charge in [-0.2, -0.15) is 0 Å². The van der Waals surface area contributed by atoms with Crippen molar-refractivity contribution in [3.05, 3.63) is 29.5 Å². The van der Waals surface area contributed by atoms with Gasteiger partial charge in [-0.3, -0.25) is 0 Å². The molecule has 1 aromatic heterocycles. The summed E-state index contributed by atoms with van der Waals surface area (Å²) in [6, 6.07) is 1.98. The zero-order valence-corrected chi connectivity index (χ0v) is 7.43. The molecule has 0 bridgehead atoms. The van der Waals surface area contributed by atoms with Crippen LogP contribution in [0.2, 0.25) is 0 Å². The molecular weight excluding hydrogens is 156 g/mol. The van der Waals surface area contributed by atoms with Gasteiger partial charge in [0.05, 0.1) is 6.10 Å². The summed E-state index contributed by atoms with van der Waals surface area (Å²) < 4.78 is 5.53. The Morgan fingerprint density at radius 1 is 1.82 bits per heavy atom. The summed E-state index contributed by atoms with van der Waals surface area (Å²) in [7, 11) is 0. The third kappa shape index (κ3) is 2.76. The standard InChI is InChI=1S/C9H12OS/c1-3-4-8(2)10-9-5-6-11-7-9/h3,5-8H,1,4H2,2H3/t8-/m0/s1. The molecule has 60 valence electrons. The fourth-order valence-corrected chi connectivity index (χ4v) is 1.39. The highest BCUT2D eigenvalue weighted by Crippen LogP contribution is 2.17. The van der Waals surface area contributed by atoms with Crippen LogP contribution in [0.25, 0.3) is 0 Å². The smallest absolute Gasteiger partial charge is 0.130 e. The Bertz CT molecular complexity index is 203. The van der Waals surface area contributed by atoms with Crippen LogP contribution in [0, 0.1) is 0 Å². The second kappa shape index (κ2) is 4.19. The summed E-state index contributed by atoms with van der Waals surface area (Å²) >= 11 is 1.65. The fraction of sp³-hybridized carbons (Fsp3) is 0.333. The van der Waals surface area contributed by atoms with Gasteiger partial charge in [-0.15, -0.1) is 17.9 Å². The summed E-state index contributed by atoms with van der Waals surface area (Å²) in [5.74, 6) is 0.962. The maximum Gasteiger partial charge on any atom is 0.130 e. The van der Waals surface area contributed by atoms with Crippen LogP contribution in [0.4, 0.5) is 0 Å². The molecule has 0 radical (unpaired) electrons. The monoisotopic (exact) mass is 168 g/mol. The second-order valence-corrected chi connectivity index (χ2v) is 3.19. The number of hydrogen-bond donors (Lipinski definition) is 0. The van der Waals surface area contributed by atoms with E-state index < -0.39 is 0 Å². The molecule has 0 spiro atoms. The van der Waals surface area contributed by atoms with E-state index in [1.807, 2.05) is 29.8 Å². The van der Waals surface area contributed by atoms with Gasteiger partial charge in [-0.05, 0) is 18.4 Å². The van der Waals surface area contributed by atoms with Crippen molar-refractivity contribution in [2.24, 2.45) is 0 Å². The molecule has 0 saturated carbocycles. The van der Waals surface area contributed by atoms with Crippen LogP contribution in [0.15, 0.2) is 29.5 Å². The van der Waals surface area contributed by atoms with Gasteiger partial charge < -0.3 is 4.74 Å². The minimum atomic E-state index is 0.238. The average molecular weight is 168 g/mol. The first-order chi connectivity index (χ1) is 5.33. The van der Waals surface area contributed by atoms with Gasteiger partial charge in [-0.25, -0.2) is 0 Å². The molecule has 1 atom stereocenters. The molecule has 11 heavy (non-hydrogen) atoms. The van der Waals surface area contributed by atoms with Gasteiger partial charge in [0.15, 0.2) is 0 Å². The molecule has 0 aliphatic heterocycles. The third-order valence-electron chi connectivity index (χ3n) is 1.33. The van der Waals surface area contributed by atoms with Crippen LogP contribution in [0.1, 0.15) is 13.3 Å². The Labute approximate surface area is 71.3 Å². The Balaban J connectivity index is 2.37. The van der Waals surface area contributed by atoms with E-state index in [-0.39, 0.29) is 6.10 Å². The highest BCUT2D eigenvalue weighted by atomic mass is 32.1. The Kier molecular flexibility index (Phi) is 3.17. The molecule has 0 saturated heterocycles. The van der Waals surface area contributed by atoms with Gasteiger partial charge in [0, 0.05) is 11.8 Å². The van der Waals surface area contributed by atoms with Crippen molar-refractivity contribution < 1.29 is 4.74 Å². The zero-order chi connectivity index (χ0) is 8.10. The lowest BCUT2D eigenvalue weighted by Crippen LogP contribution is -2.09. The topological polar surface area (TPSA) is 9.23 Å². The van der Waals surface area contributed by atoms with Crippen molar-refractivity contribution in [2.75, 3.05) is 0 Å². The van der Waals surface area contributed by atoms with E-state index in [1.165, 1.54) is 0 Å². The van der Waals surface area contributed by atoms with Gasteiger partial charge in [-0.1, -0.05) is 6.08 Å². The van der Waals surface area contributed by atoms with Crippen molar-refractivity contribution in [3.63, 3.8) is 0 Å². The number of ether oxygens (including phenoxy) is 1. The maximum atomic E-state index is 5.53. The third-order valence-corrected chi connectivity index (χ3v) is 1.99. The molecule has 0 fully saturated rings. The Morgan fingerprint density at radius 2 is 2.64 bits per heavy atom. The quantitative estimate of drug-likeness (QED) is 0.628. The maximum absolute atomic E-state index is 5.53. The van der Waals surface area contributed by atoms with Crippen molar-refractivity contribution >= 4 is 11.3 Å². The molecule has 2 heteroatoms. The molecule has 1 rings (SSSR count). The summed E-state index contributed by atoms with van der Waals surface area (Å²) in [4.78, 5) is 0. The van der Waals surface area contributed by atoms with Crippen molar-refractivity contribution in [3.8, 4) is 5.75 Å². The minimum Gasteiger partial charge on any atom is -0.490 e. The molecule has 0 unspecified atom stereocenters. The van der Waals surface area contributed by atoms with Gasteiger partial charge in [0.1, 0.15) is 5.75 Å². The van der Waals surface area contributed by atoms with Crippen LogP contribution >= 0.6 is 11.3 Å². The number of rotatable bonds is 4. The predicted molar refractivity (Wildman–Crippen MR) is 49.2 cm³/mol. The largest absolute Gasteiger partial charge is 0.490 e. The summed E-state index contributed by atoms with van der Waals surface area (Å²) in [6.45, 7) is 5.69. The van der Waals surface area contributed by atoms with Crippen molar-refractivity contribution in [1.82, 2.24) is 0 Å². The Hall–Kier alpha value is -0.760. The van der Waals surface area contributed by atoms with Crippen molar-refractivity contribution in [1.29, 1.82) is 0 Å². The summed E-state index contributed by atoms with van der Waals surface area (Å²) in [5.41, 5.74) is 0. The fourth-order valence-electron chi connectivity index (χ4n) is 0.834. The first-order valence-corrected chi connectivity index (χ1v) is 4.57. The van der Waals surface area contributed by atoms with Crippen LogP contribution in [0.3, 0.4) is 0 Å². The Morgan fingerprint density at radius 3 is 3.18 bits per heavy atom. The molecule has 1 heterocycles.